The molecule has 3 aromatic rings. The van der Waals surface area contributed by atoms with Crippen LogP contribution in [0.4, 0.5) is 10.5 Å². The van der Waals surface area contributed by atoms with E-state index in [-0.39, 0.29) is 22.0 Å². The summed E-state index contributed by atoms with van der Waals surface area (Å²) in [6, 6.07) is 14.0. The highest BCUT2D eigenvalue weighted by molar-refractivity contribution is 6.33. The molecule has 1 fully saturated rings. The number of carboxylic acid groups (broad SMARTS) is 1. The summed E-state index contributed by atoms with van der Waals surface area (Å²) in [6.07, 6.45) is 1.33. The Kier molecular flexibility index (Phi) is 6.20. The lowest BCUT2D eigenvalue weighted by Gasteiger charge is -2.12. The van der Waals surface area contributed by atoms with Crippen molar-refractivity contribution in [2.24, 2.45) is 0 Å². The largest absolute Gasteiger partial charge is 0.478 e. The molecule has 1 aromatic heterocycles. The van der Waals surface area contributed by atoms with E-state index in [4.69, 9.17) is 16.0 Å². The van der Waals surface area contributed by atoms with Crippen molar-refractivity contribution in [2.75, 3.05) is 11.9 Å². The maximum Gasteiger partial charge on any atom is 0.337 e. The first-order valence-corrected chi connectivity index (χ1v) is 10.4. The molecule has 1 aliphatic rings. The van der Waals surface area contributed by atoms with Crippen LogP contribution in [-0.4, -0.2) is 40.4 Å². The molecule has 2 aromatic carbocycles. The standard InChI is InChI=1S/C24H18ClN3O6/c1-13-3-2-4-15(9-13)26-21(29)12-28-22(30)19(27-24(28)33)11-16-6-8-20(34-16)14-5-7-18(25)17(10-14)23(31)32/h2-11H,12H2,1H3,(H,26,29)(H,27,33)(H,31,32)/b19-11-. The first-order chi connectivity index (χ1) is 16.2. The van der Waals surface area contributed by atoms with Crippen molar-refractivity contribution in [2.45, 2.75) is 6.92 Å². The molecule has 0 radical (unpaired) electrons. The fourth-order valence-corrected chi connectivity index (χ4v) is 3.55. The predicted molar refractivity (Wildman–Crippen MR) is 124 cm³/mol. The molecule has 4 rings (SSSR count). The number of carbonyl (C=O) groups is 4. The molecular formula is C24H18ClN3O6. The molecule has 2 heterocycles. The highest BCUT2D eigenvalue weighted by atomic mass is 35.5. The highest BCUT2D eigenvalue weighted by Gasteiger charge is 2.35. The zero-order chi connectivity index (χ0) is 24.4. The van der Waals surface area contributed by atoms with Gasteiger partial charge < -0.3 is 20.2 Å². The van der Waals surface area contributed by atoms with E-state index >= 15 is 0 Å². The van der Waals surface area contributed by atoms with Crippen molar-refractivity contribution in [3.05, 3.63) is 82.2 Å². The second-order valence-corrected chi connectivity index (χ2v) is 7.91. The minimum atomic E-state index is -1.17. The van der Waals surface area contributed by atoms with Gasteiger partial charge in [-0.15, -0.1) is 0 Å². The minimum absolute atomic E-state index is 0.0587. The van der Waals surface area contributed by atoms with Crippen LogP contribution in [0.2, 0.25) is 5.02 Å². The number of carboxylic acids is 1. The Morgan fingerprint density at radius 3 is 2.68 bits per heavy atom. The molecule has 9 nitrogen and oxygen atoms in total. The smallest absolute Gasteiger partial charge is 0.337 e. The molecule has 10 heteroatoms. The quantitative estimate of drug-likeness (QED) is 0.360. The van der Waals surface area contributed by atoms with Gasteiger partial charge in [-0.25, -0.2) is 14.5 Å². The fraction of sp³-hybridized carbons (Fsp3) is 0.0833. The highest BCUT2D eigenvalue weighted by Crippen LogP contribution is 2.28. The molecule has 0 bridgehead atoms. The Balaban J connectivity index is 1.47. The summed E-state index contributed by atoms with van der Waals surface area (Å²) in [7, 11) is 0. The Hall–Kier alpha value is -4.37. The summed E-state index contributed by atoms with van der Waals surface area (Å²) in [5, 5.41) is 14.4. The van der Waals surface area contributed by atoms with E-state index in [0.717, 1.165) is 10.5 Å². The number of anilines is 1. The van der Waals surface area contributed by atoms with E-state index in [0.29, 0.717) is 17.0 Å². The van der Waals surface area contributed by atoms with Gasteiger partial charge in [0.2, 0.25) is 5.91 Å². The SMILES string of the molecule is Cc1cccc(NC(=O)CN2C(=O)N/C(=C\c3ccc(-c4ccc(Cl)c(C(=O)O)c4)o3)C2=O)c1. The van der Waals surface area contributed by atoms with Gasteiger partial charge in [0.05, 0.1) is 10.6 Å². The van der Waals surface area contributed by atoms with Crippen LogP contribution in [0.25, 0.3) is 17.4 Å². The number of furan rings is 1. The average molecular weight is 480 g/mol. The molecule has 34 heavy (non-hydrogen) atoms. The number of hydrogen-bond donors (Lipinski definition) is 3. The van der Waals surface area contributed by atoms with Crippen molar-refractivity contribution in [3.63, 3.8) is 0 Å². The number of rotatable bonds is 6. The molecule has 3 N–H and O–H groups in total. The van der Waals surface area contributed by atoms with Crippen LogP contribution in [0.3, 0.4) is 0 Å². The van der Waals surface area contributed by atoms with Crippen LogP contribution in [0.15, 0.2) is 64.7 Å². The van der Waals surface area contributed by atoms with Crippen LogP contribution in [0.5, 0.6) is 0 Å². The van der Waals surface area contributed by atoms with Crippen molar-refractivity contribution in [3.8, 4) is 11.3 Å². The topological polar surface area (TPSA) is 129 Å². The van der Waals surface area contributed by atoms with E-state index in [1.54, 1.807) is 36.4 Å². The number of hydrogen-bond acceptors (Lipinski definition) is 5. The summed E-state index contributed by atoms with van der Waals surface area (Å²) in [6.45, 7) is 1.42. The molecule has 172 valence electrons. The minimum Gasteiger partial charge on any atom is -0.478 e. The molecule has 0 spiro atoms. The van der Waals surface area contributed by atoms with Gasteiger partial charge in [-0.2, -0.15) is 0 Å². The number of aromatic carboxylic acids is 1. The van der Waals surface area contributed by atoms with Crippen LogP contribution >= 0.6 is 11.6 Å². The third-order valence-electron chi connectivity index (χ3n) is 4.96. The van der Waals surface area contributed by atoms with Crippen LogP contribution < -0.4 is 10.6 Å². The third kappa shape index (κ3) is 4.84. The summed E-state index contributed by atoms with van der Waals surface area (Å²) in [5.41, 5.74) is 1.85. The number of nitrogens with one attached hydrogen (secondary N) is 2. The molecule has 1 aliphatic heterocycles. The lowest BCUT2D eigenvalue weighted by molar-refractivity contribution is -0.127. The zero-order valence-corrected chi connectivity index (χ0v) is 18.6. The molecular weight excluding hydrogens is 462 g/mol. The molecule has 0 unspecified atom stereocenters. The van der Waals surface area contributed by atoms with Gasteiger partial charge >= 0.3 is 12.0 Å². The first kappa shape index (κ1) is 22.8. The molecule has 1 saturated heterocycles. The Morgan fingerprint density at radius 1 is 1.15 bits per heavy atom. The lowest BCUT2D eigenvalue weighted by atomic mass is 10.1. The maximum absolute atomic E-state index is 12.7. The van der Waals surface area contributed by atoms with Crippen LogP contribution in [0, 0.1) is 6.92 Å². The molecule has 4 amide bonds. The second kappa shape index (κ2) is 9.24. The number of urea groups is 1. The molecule has 0 aliphatic carbocycles. The average Bonchev–Trinajstić information content (AvgIpc) is 3.34. The number of imide groups is 1. The maximum atomic E-state index is 12.7. The van der Waals surface area contributed by atoms with E-state index in [9.17, 15) is 24.3 Å². The first-order valence-electron chi connectivity index (χ1n) is 10.1. The van der Waals surface area contributed by atoms with Gasteiger partial charge in [-0.05, 0) is 55.0 Å². The van der Waals surface area contributed by atoms with Gasteiger partial charge in [-0.3, -0.25) is 9.59 Å². The molecule has 0 atom stereocenters. The second-order valence-electron chi connectivity index (χ2n) is 7.50. The van der Waals surface area contributed by atoms with E-state index in [2.05, 4.69) is 10.6 Å². The fourth-order valence-electron chi connectivity index (χ4n) is 3.35. The van der Waals surface area contributed by atoms with Crippen LogP contribution in [0.1, 0.15) is 21.7 Å². The number of carbonyl (C=O) groups excluding carboxylic acids is 3. The van der Waals surface area contributed by atoms with Crippen molar-refractivity contribution in [1.29, 1.82) is 0 Å². The number of nitrogens with zero attached hydrogens (tertiary/aromatic N) is 1. The number of benzene rings is 2. The van der Waals surface area contributed by atoms with Gasteiger partial charge in [-0.1, -0.05) is 23.7 Å². The summed E-state index contributed by atoms with van der Waals surface area (Å²) in [5.74, 6) is -1.78. The molecule has 0 saturated carbocycles. The zero-order valence-electron chi connectivity index (χ0n) is 17.8. The Morgan fingerprint density at radius 2 is 1.94 bits per heavy atom. The summed E-state index contributed by atoms with van der Waals surface area (Å²) >= 11 is 5.90. The summed E-state index contributed by atoms with van der Waals surface area (Å²) in [4.78, 5) is 49.3. The monoisotopic (exact) mass is 479 g/mol. The third-order valence-corrected chi connectivity index (χ3v) is 5.29. The van der Waals surface area contributed by atoms with Crippen molar-refractivity contribution in [1.82, 2.24) is 10.2 Å². The number of halogens is 1. The Bertz CT molecular complexity index is 1360. The van der Waals surface area contributed by atoms with Gasteiger partial charge in [0, 0.05) is 17.3 Å². The van der Waals surface area contributed by atoms with E-state index < -0.39 is 30.4 Å². The van der Waals surface area contributed by atoms with Crippen LogP contribution in [-0.2, 0) is 9.59 Å². The van der Waals surface area contributed by atoms with E-state index in [1.165, 1.54) is 18.2 Å². The normalized spacial score (nSPS) is 14.4. The summed E-state index contributed by atoms with van der Waals surface area (Å²) < 4.78 is 5.68. The van der Waals surface area contributed by atoms with Crippen molar-refractivity contribution < 1.29 is 28.7 Å². The lowest BCUT2D eigenvalue weighted by Crippen LogP contribution is -2.38. The number of aryl methyl sites for hydroxylation is 1. The Labute approximate surface area is 198 Å². The van der Waals surface area contributed by atoms with Gasteiger partial charge in [0.15, 0.2) is 0 Å². The van der Waals surface area contributed by atoms with E-state index in [1.807, 2.05) is 13.0 Å². The number of amides is 4. The van der Waals surface area contributed by atoms with Gasteiger partial charge in [0.1, 0.15) is 23.8 Å². The van der Waals surface area contributed by atoms with Gasteiger partial charge in [0.25, 0.3) is 5.91 Å². The predicted octanol–water partition coefficient (Wildman–Crippen LogP) is 4.14. The van der Waals surface area contributed by atoms with Crippen molar-refractivity contribution >= 4 is 47.2 Å².